The van der Waals surface area contributed by atoms with E-state index in [2.05, 4.69) is 0 Å². The summed E-state index contributed by atoms with van der Waals surface area (Å²) in [5.41, 5.74) is -2.10. The Morgan fingerprint density at radius 3 is 2.60 bits per heavy atom. The van der Waals surface area contributed by atoms with Gasteiger partial charge in [0.15, 0.2) is 5.78 Å². The molecule has 6 heteroatoms. The molecule has 0 amide bonds. The van der Waals surface area contributed by atoms with Gasteiger partial charge in [-0.15, -0.1) is 0 Å². The number of ketones is 1. The minimum absolute atomic E-state index is 0.00457. The molecule has 0 aliphatic heterocycles. The Morgan fingerprint density at radius 1 is 1.32 bits per heavy atom. The van der Waals surface area contributed by atoms with Gasteiger partial charge in [-0.05, 0) is 36.8 Å². The van der Waals surface area contributed by atoms with E-state index in [0.717, 1.165) is 0 Å². The van der Waals surface area contributed by atoms with Crippen molar-refractivity contribution in [1.82, 2.24) is 0 Å². The van der Waals surface area contributed by atoms with E-state index in [9.17, 15) is 24.9 Å². The van der Waals surface area contributed by atoms with Crippen LogP contribution in [0.2, 0.25) is 0 Å². The summed E-state index contributed by atoms with van der Waals surface area (Å²) >= 11 is 0. The predicted octanol–water partition coefficient (Wildman–Crippen LogP) is 0.894. The lowest BCUT2D eigenvalue weighted by atomic mass is 9.60. The molecule has 0 aromatic heterocycles. The number of aliphatic hydroxyl groups excluding tert-OH is 1. The molecule has 1 fully saturated rings. The number of carbonyl (C=O) groups excluding carboxylic acids is 2. The first-order valence-electron chi connectivity index (χ1n) is 8.78. The second-order valence-corrected chi connectivity index (χ2v) is 7.84. The number of Topliss-reactive ketones (excluding diaryl/α,β-unsaturated/α-hetero) is 1. The number of ether oxygens (including phenoxy) is 1. The fourth-order valence-electron chi connectivity index (χ4n) is 5.04. The van der Waals surface area contributed by atoms with Gasteiger partial charge in [0, 0.05) is 25.2 Å². The number of fused-ring (bicyclic) bond motifs is 3. The smallest absolute Gasteiger partial charge is 0.302 e. The van der Waals surface area contributed by atoms with Gasteiger partial charge in [-0.1, -0.05) is 19.1 Å². The van der Waals surface area contributed by atoms with Crippen molar-refractivity contribution in [2.45, 2.75) is 57.3 Å². The molecule has 0 bridgehead atoms. The summed E-state index contributed by atoms with van der Waals surface area (Å²) in [6, 6.07) is 0. The molecule has 3 aliphatic rings. The van der Waals surface area contributed by atoms with E-state index in [-0.39, 0.29) is 36.8 Å². The first-order chi connectivity index (χ1) is 11.6. The zero-order valence-corrected chi connectivity index (χ0v) is 14.9. The molecular formula is C19H26O6. The third kappa shape index (κ3) is 2.67. The molecule has 0 saturated heterocycles. The zero-order chi connectivity index (χ0) is 18.6. The maximum Gasteiger partial charge on any atom is 0.302 e. The average Bonchev–Trinajstić information content (AvgIpc) is 2.69. The molecule has 6 nitrogen and oxygen atoms in total. The molecule has 6 atom stereocenters. The van der Waals surface area contributed by atoms with Crippen molar-refractivity contribution in [2.24, 2.45) is 17.8 Å². The Hall–Kier alpha value is -1.50. The quantitative estimate of drug-likeness (QED) is 0.505. The van der Waals surface area contributed by atoms with Gasteiger partial charge < -0.3 is 20.1 Å². The largest absolute Gasteiger partial charge is 0.463 e. The molecule has 0 heterocycles. The van der Waals surface area contributed by atoms with Crippen LogP contribution in [-0.2, 0) is 14.3 Å². The average molecular weight is 350 g/mol. The van der Waals surface area contributed by atoms with Crippen LogP contribution in [0.25, 0.3) is 0 Å². The summed E-state index contributed by atoms with van der Waals surface area (Å²) in [6.45, 7) is 4.56. The number of aliphatic hydroxyl groups is 3. The molecule has 0 aromatic carbocycles. The Labute approximate surface area is 147 Å². The topological polar surface area (TPSA) is 104 Å². The lowest BCUT2D eigenvalue weighted by Gasteiger charge is -2.50. The van der Waals surface area contributed by atoms with E-state index in [1.165, 1.54) is 6.92 Å². The van der Waals surface area contributed by atoms with Gasteiger partial charge >= 0.3 is 5.97 Å². The van der Waals surface area contributed by atoms with Crippen LogP contribution in [-0.4, -0.2) is 51.0 Å². The van der Waals surface area contributed by atoms with Crippen molar-refractivity contribution >= 4 is 11.8 Å². The summed E-state index contributed by atoms with van der Waals surface area (Å²) in [4.78, 5) is 23.9. The lowest BCUT2D eigenvalue weighted by Crippen LogP contribution is -2.60. The van der Waals surface area contributed by atoms with Gasteiger partial charge in [0.25, 0.3) is 0 Å². The molecule has 3 aliphatic carbocycles. The van der Waals surface area contributed by atoms with E-state index in [1.54, 1.807) is 19.1 Å². The van der Waals surface area contributed by atoms with Crippen LogP contribution in [0, 0.1) is 17.8 Å². The molecule has 0 unspecified atom stereocenters. The van der Waals surface area contributed by atoms with E-state index < -0.39 is 23.0 Å². The van der Waals surface area contributed by atoms with E-state index in [1.807, 2.05) is 6.92 Å². The fourth-order valence-corrected chi connectivity index (χ4v) is 5.04. The predicted molar refractivity (Wildman–Crippen MR) is 89.4 cm³/mol. The Morgan fingerprint density at radius 2 is 2.00 bits per heavy atom. The van der Waals surface area contributed by atoms with Gasteiger partial charge in [0.05, 0.1) is 12.2 Å². The molecular weight excluding hydrogens is 324 g/mol. The Kier molecular flexibility index (Phi) is 4.42. The Bertz CT molecular complexity index is 665. The highest BCUT2D eigenvalue weighted by Crippen LogP contribution is 2.54. The van der Waals surface area contributed by atoms with E-state index in [4.69, 9.17) is 4.74 Å². The summed E-state index contributed by atoms with van der Waals surface area (Å²) < 4.78 is 5.36. The second-order valence-electron chi connectivity index (χ2n) is 7.84. The first-order valence-corrected chi connectivity index (χ1v) is 8.78. The van der Waals surface area contributed by atoms with Crippen molar-refractivity contribution in [2.75, 3.05) is 6.61 Å². The first kappa shape index (κ1) is 18.3. The number of hydrogen-bond acceptors (Lipinski definition) is 6. The summed E-state index contributed by atoms with van der Waals surface area (Å²) in [6.07, 6.45) is 3.97. The van der Waals surface area contributed by atoms with Crippen LogP contribution >= 0.6 is 0 Å². The highest BCUT2D eigenvalue weighted by atomic mass is 16.5. The maximum absolute atomic E-state index is 12.6. The number of hydrogen-bond donors (Lipinski definition) is 3. The molecule has 3 rings (SSSR count). The van der Waals surface area contributed by atoms with Crippen molar-refractivity contribution in [3.8, 4) is 0 Å². The van der Waals surface area contributed by atoms with Crippen molar-refractivity contribution < 1.29 is 29.6 Å². The summed E-state index contributed by atoms with van der Waals surface area (Å²) in [5, 5.41) is 32.5. The fraction of sp³-hybridized carbons (Fsp3) is 0.684. The van der Waals surface area contributed by atoms with Crippen LogP contribution in [0.3, 0.4) is 0 Å². The zero-order valence-electron chi connectivity index (χ0n) is 14.9. The van der Waals surface area contributed by atoms with Crippen molar-refractivity contribution in [3.05, 3.63) is 23.3 Å². The number of rotatable bonds is 2. The van der Waals surface area contributed by atoms with Crippen molar-refractivity contribution in [1.29, 1.82) is 0 Å². The lowest BCUT2D eigenvalue weighted by molar-refractivity contribution is -0.183. The number of esters is 1. The summed E-state index contributed by atoms with van der Waals surface area (Å²) in [5.74, 6) is -2.22. The second kappa shape index (κ2) is 6.04. The number of carbonyl (C=O) groups is 2. The molecule has 138 valence electrons. The molecule has 3 N–H and O–H groups in total. The van der Waals surface area contributed by atoms with Gasteiger partial charge in [0.2, 0.25) is 0 Å². The molecule has 0 aromatic rings. The maximum atomic E-state index is 12.6. The molecule has 0 spiro atoms. The van der Waals surface area contributed by atoms with Gasteiger partial charge in [0.1, 0.15) is 11.7 Å². The summed E-state index contributed by atoms with van der Waals surface area (Å²) in [7, 11) is 0. The minimum Gasteiger partial charge on any atom is -0.463 e. The normalized spacial score (nSPS) is 43.5. The Balaban J connectivity index is 2.07. The van der Waals surface area contributed by atoms with Gasteiger partial charge in [-0.2, -0.15) is 0 Å². The monoisotopic (exact) mass is 350 g/mol. The molecule has 0 radical (unpaired) electrons. The highest BCUT2D eigenvalue weighted by Gasteiger charge is 2.63. The molecule has 1 saturated carbocycles. The third-order valence-corrected chi connectivity index (χ3v) is 6.17. The highest BCUT2D eigenvalue weighted by molar-refractivity contribution is 6.04. The standard InChI is InChI=1S/C19H26O6/c1-10-4-16-18(23,17(10)22)8-13(9-20)6-14-7-15(25-12(3)21)5-11(2)19(14,16)24/h4,6,11,14-16,20,23-24H,5,7-9H2,1-3H3/t11-,14+,15+,16-,18-,19-/m1/s1. The van der Waals surface area contributed by atoms with Crippen LogP contribution in [0.4, 0.5) is 0 Å². The van der Waals surface area contributed by atoms with E-state index in [0.29, 0.717) is 24.0 Å². The minimum atomic E-state index is -1.73. The van der Waals surface area contributed by atoms with Gasteiger partial charge in [-0.25, -0.2) is 0 Å². The van der Waals surface area contributed by atoms with Gasteiger partial charge in [-0.3, -0.25) is 9.59 Å². The van der Waals surface area contributed by atoms with Crippen molar-refractivity contribution in [3.63, 3.8) is 0 Å². The van der Waals surface area contributed by atoms with Crippen LogP contribution in [0.15, 0.2) is 23.3 Å². The molecule has 25 heavy (non-hydrogen) atoms. The van der Waals surface area contributed by atoms with Crippen LogP contribution < -0.4 is 0 Å². The van der Waals surface area contributed by atoms with Crippen LogP contribution in [0.5, 0.6) is 0 Å². The SMILES string of the molecule is CC(=O)O[C@H]1C[C@@H](C)[C@@]2(O)[C@@H](C=C(CO)C[C@]3(O)C(=O)C(C)=C[C@@H]23)C1. The van der Waals surface area contributed by atoms with Crippen LogP contribution in [0.1, 0.15) is 40.0 Å². The third-order valence-electron chi connectivity index (χ3n) is 6.17. The van der Waals surface area contributed by atoms with E-state index >= 15 is 0 Å².